The highest BCUT2D eigenvalue weighted by molar-refractivity contribution is 6.26. The maximum absolute atomic E-state index is 13.7. The van der Waals surface area contributed by atoms with Gasteiger partial charge in [-0.2, -0.15) is 0 Å². The number of amides is 3. The molecule has 1 aliphatic rings. The lowest BCUT2D eigenvalue weighted by molar-refractivity contribution is -0.139. The monoisotopic (exact) mass is 457 g/mol. The Labute approximate surface area is 200 Å². The Morgan fingerprint density at radius 3 is 2.41 bits per heavy atom. The highest BCUT2D eigenvalue weighted by Gasteiger charge is 2.34. The molecule has 3 aromatic carbocycles. The van der Waals surface area contributed by atoms with Crippen molar-refractivity contribution < 1.29 is 14.4 Å². The zero-order valence-electron chi connectivity index (χ0n) is 20.2. The van der Waals surface area contributed by atoms with Gasteiger partial charge in [0.25, 0.3) is 5.91 Å². The van der Waals surface area contributed by atoms with Crippen LogP contribution in [-0.4, -0.2) is 41.2 Å². The molecule has 1 aliphatic heterocycles. The van der Waals surface area contributed by atoms with Gasteiger partial charge in [-0.3, -0.25) is 19.3 Å². The van der Waals surface area contributed by atoms with E-state index in [1.807, 2.05) is 75.4 Å². The largest absolute Gasteiger partial charge is 0.352 e. The van der Waals surface area contributed by atoms with Crippen LogP contribution in [-0.2, 0) is 16.1 Å². The fourth-order valence-corrected chi connectivity index (χ4v) is 4.38. The van der Waals surface area contributed by atoms with E-state index in [4.69, 9.17) is 0 Å². The average molecular weight is 458 g/mol. The van der Waals surface area contributed by atoms with Gasteiger partial charge < -0.3 is 10.2 Å². The minimum absolute atomic E-state index is 0.0117. The third-order valence-electron chi connectivity index (χ3n) is 6.71. The Hall–Kier alpha value is -3.67. The van der Waals surface area contributed by atoms with Crippen molar-refractivity contribution in [3.8, 4) is 0 Å². The van der Waals surface area contributed by atoms with Crippen molar-refractivity contribution in [3.63, 3.8) is 0 Å². The lowest BCUT2D eigenvalue weighted by atomic mass is 10.1. The van der Waals surface area contributed by atoms with Gasteiger partial charge in [-0.05, 0) is 55.8 Å². The quantitative estimate of drug-likeness (QED) is 0.544. The number of rotatable bonds is 8. The third kappa shape index (κ3) is 4.40. The number of hydrogen-bond acceptors (Lipinski definition) is 3. The summed E-state index contributed by atoms with van der Waals surface area (Å²) in [5, 5.41) is 4.82. The molecule has 1 heterocycles. The molecule has 176 valence electrons. The second-order valence-electron chi connectivity index (χ2n) is 9.01. The molecule has 0 spiro atoms. The molecule has 0 radical (unpaired) electrons. The van der Waals surface area contributed by atoms with Crippen LogP contribution >= 0.6 is 0 Å². The normalized spacial score (nSPS) is 14.2. The average Bonchev–Trinajstić information content (AvgIpc) is 3.11. The van der Waals surface area contributed by atoms with Crippen molar-refractivity contribution in [1.82, 2.24) is 10.2 Å². The van der Waals surface area contributed by atoms with Crippen LogP contribution in [0.4, 0.5) is 5.69 Å². The van der Waals surface area contributed by atoms with Crippen LogP contribution in [0.2, 0.25) is 0 Å². The van der Waals surface area contributed by atoms with E-state index in [2.05, 4.69) is 5.32 Å². The summed E-state index contributed by atoms with van der Waals surface area (Å²) in [6.45, 7) is 7.85. The summed E-state index contributed by atoms with van der Waals surface area (Å²) in [6, 6.07) is 18.5. The number of aryl methyl sites for hydroxylation is 1. The van der Waals surface area contributed by atoms with E-state index >= 15 is 0 Å². The van der Waals surface area contributed by atoms with Crippen molar-refractivity contribution >= 4 is 34.2 Å². The zero-order valence-corrected chi connectivity index (χ0v) is 20.2. The molecule has 1 N–H and O–H groups in total. The first-order valence-corrected chi connectivity index (χ1v) is 11.8. The molecule has 0 saturated heterocycles. The smallest absolute Gasteiger partial charge is 0.259 e. The standard InChI is InChI=1S/C28H31N3O3/c1-5-19(3)29-27(33)20(4)30(16-22-11-7-6-10-18(22)2)25(32)17-31-24-15-9-13-21-12-8-14-23(26(21)24)28(31)34/h6-15,19-20H,5,16-17H2,1-4H3,(H,29,33)/t19-,20+/m0/s1. The second kappa shape index (κ2) is 9.67. The molecule has 0 aromatic heterocycles. The van der Waals surface area contributed by atoms with Crippen LogP contribution in [0.15, 0.2) is 60.7 Å². The second-order valence-corrected chi connectivity index (χ2v) is 9.01. The van der Waals surface area contributed by atoms with Crippen molar-refractivity contribution in [3.05, 3.63) is 77.4 Å². The van der Waals surface area contributed by atoms with E-state index in [-0.39, 0.29) is 30.3 Å². The Bertz CT molecular complexity index is 1250. The summed E-state index contributed by atoms with van der Waals surface area (Å²) in [6.07, 6.45) is 0.800. The highest BCUT2D eigenvalue weighted by Crippen LogP contribution is 2.37. The number of benzene rings is 3. The van der Waals surface area contributed by atoms with Gasteiger partial charge in [0.05, 0.1) is 5.69 Å². The van der Waals surface area contributed by atoms with E-state index in [0.717, 1.165) is 34.0 Å². The molecule has 3 amide bonds. The van der Waals surface area contributed by atoms with Crippen LogP contribution in [0.3, 0.4) is 0 Å². The van der Waals surface area contributed by atoms with Gasteiger partial charge in [0, 0.05) is 23.5 Å². The molecular formula is C28H31N3O3. The highest BCUT2D eigenvalue weighted by atomic mass is 16.2. The van der Waals surface area contributed by atoms with E-state index in [1.54, 1.807) is 17.9 Å². The number of carbonyl (C=O) groups excluding carboxylic acids is 3. The van der Waals surface area contributed by atoms with Crippen molar-refractivity contribution in [2.24, 2.45) is 0 Å². The van der Waals surface area contributed by atoms with Crippen molar-refractivity contribution in [2.45, 2.75) is 52.7 Å². The Morgan fingerprint density at radius 1 is 1.00 bits per heavy atom. The fraction of sp³-hybridized carbons (Fsp3) is 0.321. The number of hydrogen-bond donors (Lipinski definition) is 1. The predicted molar refractivity (Wildman–Crippen MR) is 135 cm³/mol. The summed E-state index contributed by atoms with van der Waals surface area (Å²) in [4.78, 5) is 43.0. The minimum Gasteiger partial charge on any atom is -0.352 e. The van der Waals surface area contributed by atoms with Crippen molar-refractivity contribution in [1.29, 1.82) is 0 Å². The van der Waals surface area contributed by atoms with Crippen LogP contribution in [0.1, 0.15) is 48.7 Å². The first kappa shape index (κ1) is 23.5. The van der Waals surface area contributed by atoms with E-state index in [1.165, 1.54) is 4.90 Å². The van der Waals surface area contributed by atoms with Crippen LogP contribution in [0.25, 0.3) is 10.8 Å². The van der Waals surface area contributed by atoms with Gasteiger partial charge in [0.1, 0.15) is 12.6 Å². The number of carbonyl (C=O) groups is 3. The fourth-order valence-electron chi connectivity index (χ4n) is 4.38. The van der Waals surface area contributed by atoms with Gasteiger partial charge in [-0.15, -0.1) is 0 Å². The molecule has 0 aliphatic carbocycles. The van der Waals surface area contributed by atoms with E-state index in [0.29, 0.717) is 12.1 Å². The maximum atomic E-state index is 13.7. The third-order valence-corrected chi connectivity index (χ3v) is 6.71. The minimum atomic E-state index is -0.683. The molecule has 34 heavy (non-hydrogen) atoms. The lowest BCUT2D eigenvalue weighted by Crippen LogP contribution is -2.52. The SMILES string of the molecule is CC[C@H](C)NC(=O)[C@@H](C)N(Cc1ccccc1C)C(=O)CN1C(=O)c2cccc3cccc1c23. The molecule has 6 nitrogen and oxygen atoms in total. The van der Waals surface area contributed by atoms with Gasteiger partial charge in [-0.1, -0.05) is 55.5 Å². The van der Waals surface area contributed by atoms with Gasteiger partial charge in [-0.25, -0.2) is 0 Å². The first-order chi connectivity index (χ1) is 16.3. The summed E-state index contributed by atoms with van der Waals surface area (Å²) < 4.78 is 0. The van der Waals surface area contributed by atoms with E-state index < -0.39 is 6.04 Å². The molecule has 2 atom stereocenters. The zero-order chi connectivity index (χ0) is 24.4. The Balaban J connectivity index is 1.63. The molecule has 3 aromatic rings. The summed E-state index contributed by atoms with van der Waals surface area (Å²) in [5.41, 5.74) is 3.36. The van der Waals surface area contributed by atoms with Crippen LogP contribution in [0, 0.1) is 6.92 Å². The topological polar surface area (TPSA) is 69.7 Å². The summed E-state index contributed by atoms with van der Waals surface area (Å²) in [5.74, 6) is -0.657. The Morgan fingerprint density at radius 2 is 1.71 bits per heavy atom. The molecule has 0 bridgehead atoms. The van der Waals surface area contributed by atoms with Gasteiger partial charge in [0.15, 0.2) is 0 Å². The Kier molecular flexibility index (Phi) is 6.68. The number of anilines is 1. The lowest BCUT2D eigenvalue weighted by Gasteiger charge is -2.31. The van der Waals surface area contributed by atoms with Crippen molar-refractivity contribution in [2.75, 3.05) is 11.4 Å². The maximum Gasteiger partial charge on any atom is 0.259 e. The molecule has 0 saturated carbocycles. The summed E-state index contributed by atoms with van der Waals surface area (Å²) >= 11 is 0. The molecule has 6 heteroatoms. The van der Waals surface area contributed by atoms with Gasteiger partial charge >= 0.3 is 0 Å². The first-order valence-electron chi connectivity index (χ1n) is 11.8. The molecule has 0 unspecified atom stereocenters. The molecule has 0 fully saturated rings. The molecule has 4 rings (SSSR count). The number of nitrogens with zero attached hydrogens (tertiary/aromatic N) is 2. The van der Waals surface area contributed by atoms with Crippen LogP contribution < -0.4 is 10.2 Å². The predicted octanol–water partition coefficient (Wildman–Crippen LogP) is 4.44. The molecular weight excluding hydrogens is 426 g/mol. The van der Waals surface area contributed by atoms with Crippen LogP contribution in [0.5, 0.6) is 0 Å². The number of nitrogens with one attached hydrogen (secondary N) is 1. The van der Waals surface area contributed by atoms with E-state index in [9.17, 15) is 14.4 Å². The van der Waals surface area contributed by atoms with Gasteiger partial charge in [0.2, 0.25) is 11.8 Å². The summed E-state index contributed by atoms with van der Waals surface area (Å²) in [7, 11) is 0.